The lowest BCUT2D eigenvalue weighted by Gasteiger charge is -2.08. The van der Waals surface area contributed by atoms with E-state index in [2.05, 4.69) is 10.4 Å². The molecule has 21 heavy (non-hydrogen) atoms. The molecule has 0 aliphatic heterocycles. The molecule has 2 rings (SSSR count). The number of hydrogen-bond acceptors (Lipinski definition) is 4. The van der Waals surface area contributed by atoms with E-state index in [4.69, 9.17) is 22.7 Å². The zero-order valence-electron chi connectivity index (χ0n) is 11.8. The van der Waals surface area contributed by atoms with Gasteiger partial charge in [0.15, 0.2) is 0 Å². The largest absolute Gasteiger partial charge is 0.497 e. The first kappa shape index (κ1) is 15.0. The van der Waals surface area contributed by atoms with Gasteiger partial charge in [-0.05, 0) is 17.7 Å². The van der Waals surface area contributed by atoms with E-state index in [1.165, 1.54) is 10.9 Å². The molecule has 0 radical (unpaired) electrons. The second kappa shape index (κ2) is 6.36. The lowest BCUT2D eigenvalue weighted by atomic mass is 10.1. The van der Waals surface area contributed by atoms with Crippen LogP contribution in [0.1, 0.15) is 11.1 Å². The van der Waals surface area contributed by atoms with Crippen molar-refractivity contribution in [3.8, 4) is 5.75 Å². The van der Waals surface area contributed by atoms with Crippen LogP contribution in [0.4, 0.5) is 5.82 Å². The van der Waals surface area contributed by atoms with Gasteiger partial charge in [-0.2, -0.15) is 5.10 Å². The fourth-order valence-electron chi connectivity index (χ4n) is 1.87. The van der Waals surface area contributed by atoms with Crippen molar-refractivity contribution in [2.45, 2.75) is 6.42 Å². The van der Waals surface area contributed by atoms with Crippen molar-refractivity contribution in [1.29, 1.82) is 0 Å². The Morgan fingerprint density at radius 1 is 1.43 bits per heavy atom. The molecule has 0 aliphatic rings. The van der Waals surface area contributed by atoms with Gasteiger partial charge < -0.3 is 15.8 Å². The number of aryl methyl sites for hydroxylation is 1. The van der Waals surface area contributed by atoms with Crippen LogP contribution in [0.2, 0.25) is 0 Å². The number of benzene rings is 1. The van der Waals surface area contributed by atoms with Crippen LogP contribution in [-0.4, -0.2) is 27.8 Å². The normalized spacial score (nSPS) is 10.2. The van der Waals surface area contributed by atoms with Crippen molar-refractivity contribution in [1.82, 2.24) is 9.78 Å². The molecule has 1 heterocycles. The summed E-state index contributed by atoms with van der Waals surface area (Å²) in [5, 5.41) is 6.82. The molecule has 1 aromatic carbocycles. The van der Waals surface area contributed by atoms with Gasteiger partial charge in [-0.15, -0.1) is 0 Å². The molecule has 1 amide bonds. The van der Waals surface area contributed by atoms with Gasteiger partial charge in [0.05, 0.1) is 25.3 Å². The van der Waals surface area contributed by atoms with Gasteiger partial charge in [0.25, 0.3) is 0 Å². The first-order valence-electron chi connectivity index (χ1n) is 6.26. The number of aromatic nitrogens is 2. The highest BCUT2D eigenvalue weighted by molar-refractivity contribution is 7.80. The van der Waals surface area contributed by atoms with Crippen molar-refractivity contribution >= 4 is 28.9 Å². The number of ether oxygens (including phenoxy) is 1. The van der Waals surface area contributed by atoms with E-state index in [0.717, 1.165) is 11.3 Å². The quantitative estimate of drug-likeness (QED) is 0.812. The predicted molar refractivity (Wildman–Crippen MR) is 84.4 cm³/mol. The third kappa shape index (κ3) is 3.57. The molecular formula is C14H16N4O2S. The summed E-state index contributed by atoms with van der Waals surface area (Å²) in [7, 11) is 3.31. The van der Waals surface area contributed by atoms with Crippen LogP contribution >= 0.6 is 12.2 Å². The molecule has 0 bridgehead atoms. The lowest BCUT2D eigenvalue weighted by molar-refractivity contribution is -0.115. The van der Waals surface area contributed by atoms with Crippen molar-refractivity contribution in [3.63, 3.8) is 0 Å². The third-order valence-corrected chi connectivity index (χ3v) is 3.21. The Bertz CT molecular complexity index is 664. The maximum Gasteiger partial charge on any atom is 0.229 e. The predicted octanol–water partition coefficient (Wildman–Crippen LogP) is 1.24. The molecule has 0 saturated carbocycles. The van der Waals surface area contributed by atoms with E-state index >= 15 is 0 Å². The molecule has 0 saturated heterocycles. The van der Waals surface area contributed by atoms with E-state index in [9.17, 15) is 4.79 Å². The van der Waals surface area contributed by atoms with Crippen LogP contribution in [0.15, 0.2) is 30.5 Å². The number of rotatable bonds is 5. The number of thiocarbonyl (C=S) groups is 1. The van der Waals surface area contributed by atoms with Crippen LogP contribution < -0.4 is 15.8 Å². The van der Waals surface area contributed by atoms with Crippen molar-refractivity contribution in [2.75, 3.05) is 12.4 Å². The summed E-state index contributed by atoms with van der Waals surface area (Å²) in [5.41, 5.74) is 7.03. The Balaban J connectivity index is 2.08. The second-order valence-corrected chi connectivity index (χ2v) is 4.91. The minimum Gasteiger partial charge on any atom is -0.497 e. The average molecular weight is 304 g/mol. The number of carbonyl (C=O) groups excluding carboxylic acids is 1. The zero-order valence-corrected chi connectivity index (χ0v) is 12.6. The van der Waals surface area contributed by atoms with Gasteiger partial charge in [0, 0.05) is 7.05 Å². The van der Waals surface area contributed by atoms with Gasteiger partial charge in [-0.1, -0.05) is 24.4 Å². The summed E-state index contributed by atoms with van der Waals surface area (Å²) in [6.07, 6.45) is 1.78. The summed E-state index contributed by atoms with van der Waals surface area (Å²) < 4.78 is 6.61. The summed E-state index contributed by atoms with van der Waals surface area (Å²) in [6, 6.07) is 7.31. The lowest BCUT2D eigenvalue weighted by Crippen LogP contribution is -2.20. The average Bonchev–Trinajstić information content (AvgIpc) is 2.81. The van der Waals surface area contributed by atoms with Gasteiger partial charge in [-0.3, -0.25) is 9.48 Å². The van der Waals surface area contributed by atoms with Crippen LogP contribution in [0.25, 0.3) is 0 Å². The SMILES string of the molecule is COc1ccc(CC(=O)Nc2c(C(N)=S)cnn2C)cc1. The molecule has 110 valence electrons. The van der Waals surface area contributed by atoms with Crippen LogP contribution in [0.3, 0.4) is 0 Å². The highest BCUT2D eigenvalue weighted by atomic mass is 32.1. The molecule has 3 N–H and O–H groups in total. The number of amides is 1. The van der Waals surface area contributed by atoms with Gasteiger partial charge >= 0.3 is 0 Å². The van der Waals surface area contributed by atoms with E-state index in [-0.39, 0.29) is 17.3 Å². The van der Waals surface area contributed by atoms with Gasteiger partial charge in [0.1, 0.15) is 16.6 Å². The van der Waals surface area contributed by atoms with Crippen molar-refractivity contribution in [2.24, 2.45) is 12.8 Å². The Morgan fingerprint density at radius 2 is 2.10 bits per heavy atom. The third-order valence-electron chi connectivity index (χ3n) is 2.99. The summed E-state index contributed by atoms with van der Waals surface area (Å²) in [6.45, 7) is 0. The standard InChI is InChI=1S/C14H16N4O2S/c1-18-14(11(8-16-18)13(15)21)17-12(19)7-9-3-5-10(20-2)6-4-9/h3-6,8H,7H2,1-2H3,(H2,15,21)(H,17,19). The number of methoxy groups -OCH3 is 1. The monoisotopic (exact) mass is 304 g/mol. The Morgan fingerprint density at radius 3 is 2.67 bits per heavy atom. The molecule has 6 nitrogen and oxygen atoms in total. The number of anilines is 1. The highest BCUT2D eigenvalue weighted by Crippen LogP contribution is 2.15. The minimum absolute atomic E-state index is 0.165. The first-order valence-corrected chi connectivity index (χ1v) is 6.66. The molecule has 0 spiro atoms. The fraction of sp³-hybridized carbons (Fsp3) is 0.214. The number of nitrogens with two attached hydrogens (primary N) is 1. The zero-order chi connectivity index (χ0) is 15.4. The Kier molecular flexibility index (Phi) is 4.54. The molecule has 0 atom stereocenters. The number of carbonyl (C=O) groups is 1. The highest BCUT2D eigenvalue weighted by Gasteiger charge is 2.14. The smallest absolute Gasteiger partial charge is 0.229 e. The van der Waals surface area contributed by atoms with Crippen molar-refractivity contribution in [3.05, 3.63) is 41.6 Å². The summed E-state index contributed by atoms with van der Waals surface area (Å²) in [4.78, 5) is 12.3. The molecule has 0 unspecified atom stereocenters. The van der Waals surface area contributed by atoms with Crippen LogP contribution in [0.5, 0.6) is 5.75 Å². The van der Waals surface area contributed by atoms with Gasteiger partial charge in [0.2, 0.25) is 5.91 Å². The summed E-state index contributed by atoms with van der Waals surface area (Å²) in [5.74, 6) is 1.09. The first-order chi connectivity index (χ1) is 10.0. The number of nitrogens with one attached hydrogen (secondary N) is 1. The molecule has 0 fully saturated rings. The molecule has 7 heteroatoms. The Labute approximate surface area is 127 Å². The van der Waals surface area contributed by atoms with E-state index in [1.54, 1.807) is 14.2 Å². The Hall–Kier alpha value is -2.41. The maximum absolute atomic E-state index is 12.1. The van der Waals surface area contributed by atoms with E-state index < -0.39 is 0 Å². The molecule has 0 aliphatic carbocycles. The number of hydrogen-bond donors (Lipinski definition) is 2. The topological polar surface area (TPSA) is 82.2 Å². The summed E-state index contributed by atoms with van der Waals surface area (Å²) >= 11 is 4.93. The van der Waals surface area contributed by atoms with E-state index in [1.807, 2.05) is 24.3 Å². The fourth-order valence-corrected chi connectivity index (χ4v) is 2.02. The second-order valence-electron chi connectivity index (χ2n) is 4.47. The van der Waals surface area contributed by atoms with Crippen LogP contribution in [-0.2, 0) is 18.3 Å². The maximum atomic E-state index is 12.1. The van der Waals surface area contributed by atoms with E-state index in [0.29, 0.717) is 11.4 Å². The van der Waals surface area contributed by atoms with Crippen LogP contribution in [0, 0.1) is 0 Å². The molecule has 1 aromatic heterocycles. The minimum atomic E-state index is -0.165. The molecular weight excluding hydrogens is 288 g/mol. The van der Waals surface area contributed by atoms with Crippen molar-refractivity contribution < 1.29 is 9.53 Å². The number of nitrogens with zero attached hydrogens (tertiary/aromatic N) is 2. The molecule has 2 aromatic rings. The van der Waals surface area contributed by atoms with Gasteiger partial charge in [-0.25, -0.2) is 0 Å².